The highest BCUT2D eigenvalue weighted by atomic mass is 16.5. The number of carbonyl (C=O) groups is 1. The first-order chi connectivity index (χ1) is 11.7. The second-order valence-electron chi connectivity index (χ2n) is 6.67. The van der Waals surface area contributed by atoms with Gasteiger partial charge in [0.05, 0.1) is 11.7 Å². The summed E-state index contributed by atoms with van der Waals surface area (Å²) in [6.45, 7) is 0.647. The molecule has 3 rings (SSSR count). The number of para-hydroxylation sites is 1. The Morgan fingerprint density at radius 1 is 1.25 bits per heavy atom. The summed E-state index contributed by atoms with van der Waals surface area (Å²) in [6.07, 6.45) is 5.65. The largest absolute Gasteiger partial charge is 0.478 e. The molecule has 24 heavy (non-hydrogen) atoms. The van der Waals surface area contributed by atoms with Crippen LogP contribution in [0, 0.1) is 17.2 Å². The fourth-order valence-electron chi connectivity index (χ4n) is 4.11. The molecule has 0 aromatic heterocycles. The molecule has 1 N–H and O–H groups in total. The number of benzene rings is 1. The van der Waals surface area contributed by atoms with Gasteiger partial charge in [-0.05, 0) is 37.8 Å². The van der Waals surface area contributed by atoms with Crippen LogP contribution in [0.2, 0.25) is 0 Å². The Balaban J connectivity index is 1.80. The van der Waals surface area contributed by atoms with Gasteiger partial charge in [0.2, 0.25) is 0 Å². The van der Waals surface area contributed by atoms with E-state index in [1.807, 2.05) is 17.0 Å². The van der Waals surface area contributed by atoms with Crippen molar-refractivity contribution in [2.24, 2.45) is 5.92 Å². The van der Waals surface area contributed by atoms with E-state index in [2.05, 4.69) is 0 Å². The zero-order chi connectivity index (χ0) is 16.9. The molecule has 1 aromatic carbocycles. The van der Waals surface area contributed by atoms with Gasteiger partial charge in [0.25, 0.3) is 5.91 Å². The van der Waals surface area contributed by atoms with E-state index in [1.54, 1.807) is 18.2 Å². The maximum absolute atomic E-state index is 13.1. The van der Waals surface area contributed by atoms with Gasteiger partial charge in [0.1, 0.15) is 11.8 Å². The highest BCUT2D eigenvalue weighted by Crippen LogP contribution is 2.36. The molecule has 3 unspecified atom stereocenters. The van der Waals surface area contributed by atoms with Gasteiger partial charge < -0.3 is 14.7 Å². The highest BCUT2D eigenvalue weighted by Gasteiger charge is 2.39. The minimum absolute atomic E-state index is 0.0520. The Labute approximate surface area is 142 Å². The number of hydrogen-bond acceptors (Lipinski definition) is 4. The first kappa shape index (κ1) is 16.8. The molecule has 1 aliphatic carbocycles. The zero-order valence-corrected chi connectivity index (χ0v) is 13.9. The molecule has 0 radical (unpaired) electrons. The molecule has 2 aliphatic rings. The third-order valence-corrected chi connectivity index (χ3v) is 5.25. The van der Waals surface area contributed by atoms with E-state index in [0.717, 1.165) is 45.1 Å². The summed E-state index contributed by atoms with van der Waals surface area (Å²) >= 11 is 0. The van der Waals surface area contributed by atoms with Crippen molar-refractivity contribution >= 4 is 5.91 Å². The van der Waals surface area contributed by atoms with Crippen LogP contribution in [0.1, 0.15) is 48.9 Å². The Kier molecular flexibility index (Phi) is 5.37. The minimum atomic E-state index is -0.303. The van der Waals surface area contributed by atoms with Crippen LogP contribution in [0.4, 0.5) is 0 Å². The molecule has 2 fully saturated rings. The fourth-order valence-corrected chi connectivity index (χ4v) is 4.11. The van der Waals surface area contributed by atoms with Crippen LogP contribution in [0.5, 0.6) is 5.75 Å². The van der Waals surface area contributed by atoms with Crippen LogP contribution in [0.15, 0.2) is 24.3 Å². The first-order valence-electron chi connectivity index (χ1n) is 8.80. The zero-order valence-electron chi connectivity index (χ0n) is 13.9. The molecular formula is C19H24N2O3. The molecule has 0 spiro atoms. The number of likely N-dealkylation sites (tertiary alicyclic amines) is 1. The molecule has 1 aliphatic heterocycles. The van der Waals surface area contributed by atoms with Crippen molar-refractivity contribution in [1.29, 1.82) is 5.26 Å². The molecule has 0 bridgehead atoms. The fraction of sp³-hybridized carbons (Fsp3) is 0.579. The number of aliphatic hydroxyl groups is 1. The van der Waals surface area contributed by atoms with Crippen molar-refractivity contribution in [1.82, 2.24) is 4.90 Å². The molecule has 1 saturated carbocycles. The van der Waals surface area contributed by atoms with E-state index >= 15 is 0 Å². The summed E-state index contributed by atoms with van der Waals surface area (Å²) in [4.78, 5) is 15.0. The lowest BCUT2D eigenvalue weighted by Crippen LogP contribution is -2.45. The second-order valence-corrected chi connectivity index (χ2v) is 6.67. The lowest BCUT2D eigenvalue weighted by atomic mass is 9.80. The molecule has 1 aromatic rings. The first-order valence-corrected chi connectivity index (χ1v) is 8.80. The quantitative estimate of drug-likeness (QED) is 0.922. The molecule has 128 valence electrons. The monoisotopic (exact) mass is 328 g/mol. The van der Waals surface area contributed by atoms with Crippen LogP contribution in [-0.2, 0) is 0 Å². The number of amides is 1. The third kappa shape index (κ3) is 3.39. The number of ether oxygens (including phenoxy) is 1. The van der Waals surface area contributed by atoms with E-state index in [9.17, 15) is 9.90 Å². The van der Waals surface area contributed by atoms with Gasteiger partial charge in [-0.3, -0.25) is 4.79 Å². The summed E-state index contributed by atoms with van der Waals surface area (Å²) in [7, 11) is 0. The molecule has 1 amide bonds. The molecular weight excluding hydrogens is 304 g/mol. The summed E-state index contributed by atoms with van der Waals surface area (Å²) in [5, 5.41) is 19.1. The van der Waals surface area contributed by atoms with Crippen LogP contribution < -0.4 is 4.74 Å². The summed E-state index contributed by atoms with van der Waals surface area (Å²) < 4.78 is 5.41. The number of carbonyl (C=O) groups excluding carboxylic acids is 1. The van der Waals surface area contributed by atoms with Gasteiger partial charge in [-0.25, -0.2) is 0 Å². The number of nitriles is 1. The summed E-state index contributed by atoms with van der Waals surface area (Å²) in [5.74, 6) is 0.583. The average molecular weight is 328 g/mol. The van der Waals surface area contributed by atoms with Gasteiger partial charge in [0.15, 0.2) is 6.61 Å². The van der Waals surface area contributed by atoms with Crippen LogP contribution in [-0.4, -0.2) is 41.2 Å². The number of hydrogen-bond donors (Lipinski definition) is 1. The second kappa shape index (κ2) is 7.67. The van der Waals surface area contributed by atoms with Crippen molar-refractivity contribution in [3.05, 3.63) is 29.8 Å². The molecule has 3 atom stereocenters. The SMILES string of the molecule is N#CCOc1ccccc1C(=O)N1CCCC1C1CCCCC1O. The lowest BCUT2D eigenvalue weighted by Gasteiger charge is -2.37. The topological polar surface area (TPSA) is 73.6 Å². The predicted molar refractivity (Wildman–Crippen MR) is 89.6 cm³/mol. The summed E-state index contributed by atoms with van der Waals surface area (Å²) in [5.41, 5.74) is 0.505. The van der Waals surface area contributed by atoms with Gasteiger partial charge in [0, 0.05) is 18.5 Å². The predicted octanol–water partition coefficient (Wildman–Crippen LogP) is 2.74. The Morgan fingerprint density at radius 3 is 2.83 bits per heavy atom. The van der Waals surface area contributed by atoms with Crippen molar-refractivity contribution in [2.75, 3.05) is 13.2 Å². The normalized spacial score (nSPS) is 26.8. The van der Waals surface area contributed by atoms with Crippen molar-refractivity contribution in [2.45, 2.75) is 50.7 Å². The van der Waals surface area contributed by atoms with E-state index in [1.165, 1.54) is 0 Å². The molecule has 1 heterocycles. The third-order valence-electron chi connectivity index (χ3n) is 5.25. The lowest BCUT2D eigenvalue weighted by molar-refractivity contribution is 0.0210. The van der Waals surface area contributed by atoms with Crippen LogP contribution >= 0.6 is 0 Å². The van der Waals surface area contributed by atoms with Gasteiger partial charge in [-0.1, -0.05) is 25.0 Å². The Hall–Kier alpha value is -2.06. The Bertz CT molecular complexity index is 625. The maximum Gasteiger partial charge on any atom is 0.257 e. The molecule has 5 heteroatoms. The van der Waals surface area contributed by atoms with Gasteiger partial charge in [-0.2, -0.15) is 5.26 Å². The van der Waals surface area contributed by atoms with Crippen molar-refractivity contribution in [3.63, 3.8) is 0 Å². The molecule has 1 saturated heterocycles. The van der Waals surface area contributed by atoms with E-state index in [4.69, 9.17) is 10.00 Å². The summed E-state index contributed by atoms with van der Waals surface area (Å²) in [6, 6.07) is 9.14. The van der Waals surface area contributed by atoms with Crippen molar-refractivity contribution < 1.29 is 14.6 Å². The maximum atomic E-state index is 13.1. The average Bonchev–Trinajstić information content (AvgIpc) is 3.09. The minimum Gasteiger partial charge on any atom is -0.478 e. The number of aliphatic hydroxyl groups excluding tert-OH is 1. The standard InChI is InChI=1S/C19H24N2O3/c20-11-13-24-18-10-4-2-7-15(18)19(23)21-12-5-8-16(21)14-6-1-3-9-17(14)22/h2,4,7,10,14,16-17,22H,1,3,5-6,8-9,12-13H2. The van der Waals surface area contributed by atoms with Gasteiger partial charge >= 0.3 is 0 Å². The number of rotatable bonds is 4. The van der Waals surface area contributed by atoms with Crippen LogP contribution in [0.3, 0.4) is 0 Å². The van der Waals surface area contributed by atoms with Gasteiger partial charge in [-0.15, -0.1) is 0 Å². The van der Waals surface area contributed by atoms with E-state index in [-0.39, 0.29) is 30.6 Å². The Morgan fingerprint density at radius 2 is 2.04 bits per heavy atom. The van der Waals surface area contributed by atoms with Crippen molar-refractivity contribution in [3.8, 4) is 11.8 Å². The van der Waals surface area contributed by atoms with E-state index < -0.39 is 0 Å². The highest BCUT2D eigenvalue weighted by molar-refractivity contribution is 5.97. The number of nitrogens with zero attached hydrogens (tertiary/aromatic N) is 2. The van der Waals surface area contributed by atoms with E-state index in [0.29, 0.717) is 11.3 Å². The van der Waals surface area contributed by atoms with Crippen LogP contribution in [0.25, 0.3) is 0 Å². The smallest absolute Gasteiger partial charge is 0.257 e. The molecule has 5 nitrogen and oxygen atoms in total.